The fourth-order valence-corrected chi connectivity index (χ4v) is 2.09. The summed E-state index contributed by atoms with van der Waals surface area (Å²) in [5.74, 6) is 0.687. The van der Waals surface area contributed by atoms with Gasteiger partial charge in [-0.05, 0) is 36.2 Å². The van der Waals surface area contributed by atoms with E-state index in [4.69, 9.17) is 4.74 Å². The highest BCUT2D eigenvalue weighted by Gasteiger charge is 2.13. The maximum atomic E-state index is 12.4. The van der Waals surface area contributed by atoms with Gasteiger partial charge in [0.1, 0.15) is 5.75 Å². The first kappa shape index (κ1) is 14.1. The molecule has 2 aromatic carbocycles. The number of hydrogen-bond acceptors (Lipinski definition) is 2. The van der Waals surface area contributed by atoms with E-state index in [0.29, 0.717) is 17.9 Å². The second-order valence-electron chi connectivity index (χ2n) is 4.82. The topological polar surface area (TPSA) is 29.5 Å². The number of amides is 1. The van der Waals surface area contributed by atoms with Crippen LogP contribution in [0.2, 0.25) is 0 Å². The molecule has 3 heteroatoms. The second kappa shape index (κ2) is 6.24. The molecule has 2 rings (SSSR count). The maximum absolute atomic E-state index is 12.4. The molecule has 0 aliphatic carbocycles. The van der Waals surface area contributed by atoms with Crippen molar-refractivity contribution in [2.24, 2.45) is 0 Å². The standard InChI is InChI=1S/C17H19NO2/c1-13-7-4-5-8-15(13)12-18(2)17(19)14-9-6-10-16(11-14)20-3/h4-11H,12H2,1-3H3. The molecule has 0 saturated carbocycles. The summed E-state index contributed by atoms with van der Waals surface area (Å²) in [5, 5.41) is 0. The number of ether oxygens (including phenoxy) is 1. The molecule has 0 atom stereocenters. The number of aryl methyl sites for hydroxylation is 1. The quantitative estimate of drug-likeness (QED) is 0.852. The zero-order chi connectivity index (χ0) is 14.5. The fraction of sp³-hybridized carbons (Fsp3) is 0.235. The molecular formula is C17H19NO2. The molecule has 0 saturated heterocycles. The van der Waals surface area contributed by atoms with Crippen LogP contribution in [0.5, 0.6) is 5.75 Å². The Hall–Kier alpha value is -2.29. The summed E-state index contributed by atoms with van der Waals surface area (Å²) >= 11 is 0. The van der Waals surface area contributed by atoms with Gasteiger partial charge in [0.2, 0.25) is 0 Å². The summed E-state index contributed by atoms with van der Waals surface area (Å²) in [6, 6.07) is 15.3. The number of hydrogen-bond donors (Lipinski definition) is 0. The van der Waals surface area contributed by atoms with Crippen LogP contribution in [0.4, 0.5) is 0 Å². The summed E-state index contributed by atoms with van der Waals surface area (Å²) in [6.07, 6.45) is 0. The zero-order valence-corrected chi connectivity index (χ0v) is 12.1. The Kier molecular flexibility index (Phi) is 4.41. The Balaban J connectivity index is 2.14. The molecule has 0 aliphatic heterocycles. The van der Waals surface area contributed by atoms with E-state index in [-0.39, 0.29) is 5.91 Å². The number of benzene rings is 2. The molecular weight excluding hydrogens is 250 g/mol. The highest BCUT2D eigenvalue weighted by molar-refractivity contribution is 5.94. The first-order valence-corrected chi connectivity index (χ1v) is 6.56. The third kappa shape index (κ3) is 3.18. The Morgan fingerprint density at radius 2 is 1.90 bits per heavy atom. The predicted molar refractivity (Wildman–Crippen MR) is 80.0 cm³/mol. The predicted octanol–water partition coefficient (Wildman–Crippen LogP) is 3.28. The van der Waals surface area contributed by atoms with Gasteiger partial charge in [0.05, 0.1) is 7.11 Å². The van der Waals surface area contributed by atoms with E-state index in [0.717, 1.165) is 5.56 Å². The lowest BCUT2D eigenvalue weighted by Crippen LogP contribution is -2.26. The first-order chi connectivity index (χ1) is 9.61. The van der Waals surface area contributed by atoms with E-state index < -0.39 is 0 Å². The molecule has 0 spiro atoms. The summed E-state index contributed by atoms with van der Waals surface area (Å²) in [7, 11) is 3.41. The average molecular weight is 269 g/mol. The van der Waals surface area contributed by atoms with Gasteiger partial charge < -0.3 is 9.64 Å². The summed E-state index contributed by atoms with van der Waals surface area (Å²) in [4.78, 5) is 14.1. The number of nitrogens with zero attached hydrogens (tertiary/aromatic N) is 1. The summed E-state index contributed by atoms with van der Waals surface area (Å²) < 4.78 is 5.15. The molecule has 0 heterocycles. The van der Waals surface area contributed by atoms with Crippen LogP contribution in [0.3, 0.4) is 0 Å². The normalized spacial score (nSPS) is 10.2. The Labute approximate surface area is 119 Å². The van der Waals surface area contributed by atoms with Crippen molar-refractivity contribution in [3.8, 4) is 5.75 Å². The summed E-state index contributed by atoms with van der Waals surface area (Å²) in [5.41, 5.74) is 2.99. The molecule has 3 nitrogen and oxygen atoms in total. The molecule has 0 bridgehead atoms. The first-order valence-electron chi connectivity index (χ1n) is 6.56. The van der Waals surface area contributed by atoms with Crippen LogP contribution < -0.4 is 4.74 Å². The van der Waals surface area contributed by atoms with Crippen molar-refractivity contribution in [3.05, 3.63) is 65.2 Å². The molecule has 2 aromatic rings. The van der Waals surface area contributed by atoms with Crippen LogP contribution in [-0.4, -0.2) is 25.0 Å². The highest BCUT2D eigenvalue weighted by atomic mass is 16.5. The largest absolute Gasteiger partial charge is 0.497 e. The van der Waals surface area contributed by atoms with Gasteiger partial charge in [-0.15, -0.1) is 0 Å². The van der Waals surface area contributed by atoms with Crippen molar-refractivity contribution in [1.29, 1.82) is 0 Å². The monoisotopic (exact) mass is 269 g/mol. The van der Waals surface area contributed by atoms with Crippen LogP contribution in [0.1, 0.15) is 21.5 Å². The van der Waals surface area contributed by atoms with Crippen molar-refractivity contribution in [1.82, 2.24) is 4.90 Å². The van der Waals surface area contributed by atoms with Gasteiger partial charge in [-0.1, -0.05) is 30.3 Å². The Morgan fingerprint density at radius 3 is 2.60 bits per heavy atom. The minimum atomic E-state index is -0.00727. The van der Waals surface area contributed by atoms with E-state index >= 15 is 0 Å². The maximum Gasteiger partial charge on any atom is 0.254 e. The number of rotatable bonds is 4. The molecule has 0 N–H and O–H groups in total. The fourth-order valence-electron chi connectivity index (χ4n) is 2.09. The molecule has 0 fully saturated rings. The second-order valence-corrected chi connectivity index (χ2v) is 4.82. The van der Waals surface area contributed by atoms with E-state index in [1.807, 2.05) is 37.4 Å². The van der Waals surface area contributed by atoms with Gasteiger partial charge in [0.25, 0.3) is 5.91 Å². The van der Waals surface area contributed by atoms with E-state index in [1.54, 1.807) is 24.1 Å². The van der Waals surface area contributed by atoms with Crippen molar-refractivity contribution in [3.63, 3.8) is 0 Å². The van der Waals surface area contributed by atoms with E-state index in [2.05, 4.69) is 13.0 Å². The lowest BCUT2D eigenvalue weighted by atomic mass is 10.1. The van der Waals surface area contributed by atoms with Gasteiger partial charge in [0.15, 0.2) is 0 Å². The summed E-state index contributed by atoms with van der Waals surface area (Å²) in [6.45, 7) is 2.65. The van der Waals surface area contributed by atoms with Crippen LogP contribution in [0.15, 0.2) is 48.5 Å². The SMILES string of the molecule is COc1cccc(C(=O)N(C)Cc2ccccc2C)c1. The molecule has 0 aliphatic rings. The Morgan fingerprint density at radius 1 is 1.15 bits per heavy atom. The van der Waals surface area contributed by atoms with Crippen molar-refractivity contribution >= 4 is 5.91 Å². The van der Waals surface area contributed by atoms with Gasteiger partial charge in [0, 0.05) is 19.2 Å². The lowest BCUT2D eigenvalue weighted by Gasteiger charge is -2.19. The minimum absolute atomic E-state index is 0.00727. The van der Waals surface area contributed by atoms with Crippen molar-refractivity contribution in [2.45, 2.75) is 13.5 Å². The minimum Gasteiger partial charge on any atom is -0.497 e. The average Bonchev–Trinajstić information content (AvgIpc) is 2.48. The Bertz CT molecular complexity index is 607. The van der Waals surface area contributed by atoms with Gasteiger partial charge in [-0.3, -0.25) is 4.79 Å². The molecule has 104 valence electrons. The van der Waals surface area contributed by atoms with Gasteiger partial charge in [-0.2, -0.15) is 0 Å². The number of carbonyl (C=O) groups excluding carboxylic acids is 1. The molecule has 0 radical (unpaired) electrons. The molecule has 1 amide bonds. The smallest absolute Gasteiger partial charge is 0.254 e. The van der Waals surface area contributed by atoms with Crippen LogP contribution in [0, 0.1) is 6.92 Å². The van der Waals surface area contributed by atoms with Crippen molar-refractivity contribution < 1.29 is 9.53 Å². The van der Waals surface area contributed by atoms with Gasteiger partial charge in [-0.25, -0.2) is 0 Å². The third-order valence-corrected chi connectivity index (χ3v) is 3.33. The van der Waals surface area contributed by atoms with Crippen LogP contribution in [0.25, 0.3) is 0 Å². The number of methoxy groups -OCH3 is 1. The third-order valence-electron chi connectivity index (χ3n) is 3.33. The van der Waals surface area contributed by atoms with Gasteiger partial charge >= 0.3 is 0 Å². The van der Waals surface area contributed by atoms with E-state index in [9.17, 15) is 4.79 Å². The van der Waals surface area contributed by atoms with Crippen molar-refractivity contribution in [2.75, 3.05) is 14.2 Å². The molecule has 20 heavy (non-hydrogen) atoms. The number of carbonyl (C=O) groups is 1. The van der Waals surface area contributed by atoms with Crippen LogP contribution in [-0.2, 0) is 6.54 Å². The molecule has 0 aromatic heterocycles. The molecule has 0 unspecified atom stereocenters. The van der Waals surface area contributed by atoms with E-state index in [1.165, 1.54) is 5.56 Å². The van der Waals surface area contributed by atoms with Crippen LogP contribution >= 0.6 is 0 Å². The lowest BCUT2D eigenvalue weighted by molar-refractivity contribution is 0.0784. The zero-order valence-electron chi connectivity index (χ0n) is 12.1. The highest BCUT2D eigenvalue weighted by Crippen LogP contribution is 2.16.